The minimum absolute atomic E-state index is 0. The second-order valence-electron chi connectivity index (χ2n) is 0. The summed E-state index contributed by atoms with van der Waals surface area (Å²) < 4.78 is 0. The zero-order valence-corrected chi connectivity index (χ0v) is 3.85. The summed E-state index contributed by atoms with van der Waals surface area (Å²) in [6.07, 6.45) is 0. The average molecular weight is 122 g/mol. The number of hydrogen-bond acceptors (Lipinski definition) is 0. The van der Waals surface area contributed by atoms with Crippen molar-refractivity contribution in [3.8, 4) is 0 Å². The van der Waals surface area contributed by atoms with Gasteiger partial charge in [-0.05, 0) is 0 Å². The fraction of sp³-hybridized carbons (Fsp3) is 0. The van der Waals surface area contributed by atoms with Crippen LogP contribution in [0.2, 0.25) is 0 Å². The standard InChI is InChI=1S/Cu.FH.Li.S/h;1H;;/q+2;;+1;-2/p-1. The Morgan fingerprint density at radius 3 is 1.00 bits per heavy atom. The first-order valence-corrected chi connectivity index (χ1v) is 0. The van der Waals surface area contributed by atoms with Crippen LogP contribution in [0.3, 0.4) is 0 Å². The molecule has 0 nitrogen and oxygen atoms in total. The normalized spacial score (nSPS) is 0. The van der Waals surface area contributed by atoms with Gasteiger partial charge in [0.25, 0.3) is 0 Å². The average Bonchev–Trinajstić information content (AvgIpc) is 0. The van der Waals surface area contributed by atoms with Crippen LogP contribution >= 0.6 is 0 Å². The van der Waals surface area contributed by atoms with Gasteiger partial charge in [-0.2, -0.15) is 0 Å². The second kappa shape index (κ2) is 26.0. The van der Waals surface area contributed by atoms with Gasteiger partial charge in [0.15, 0.2) is 0 Å². The summed E-state index contributed by atoms with van der Waals surface area (Å²) in [5.74, 6) is 0. The third kappa shape index (κ3) is 10.0. The van der Waals surface area contributed by atoms with E-state index in [4.69, 9.17) is 0 Å². The first kappa shape index (κ1) is 53.5. The SMILES string of the molecule is [Cu+2].[F-].[Li+].[S-2]. The van der Waals surface area contributed by atoms with E-state index in [0.29, 0.717) is 0 Å². The Labute approximate surface area is 54.2 Å². The van der Waals surface area contributed by atoms with Crippen molar-refractivity contribution in [3.05, 3.63) is 0 Å². The minimum Gasteiger partial charge on any atom is -2.00 e. The number of hydrogen-bond donors (Lipinski definition) is 0. The molecule has 0 aromatic heterocycles. The van der Waals surface area contributed by atoms with E-state index in [1.165, 1.54) is 0 Å². The molecule has 0 aromatic rings. The van der Waals surface area contributed by atoms with Gasteiger partial charge in [-0.25, -0.2) is 0 Å². The Morgan fingerprint density at radius 2 is 1.00 bits per heavy atom. The van der Waals surface area contributed by atoms with Crippen molar-refractivity contribution in [3.63, 3.8) is 0 Å². The zero-order valence-electron chi connectivity index (χ0n) is 2.09. The van der Waals surface area contributed by atoms with Gasteiger partial charge in [-0.3, -0.25) is 0 Å². The molecule has 0 atom stereocenters. The van der Waals surface area contributed by atoms with Crippen molar-refractivity contribution >= 4 is 13.5 Å². The van der Waals surface area contributed by atoms with Crippen LogP contribution in [0.1, 0.15) is 0 Å². The summed E-state index contributed by atoms with van der Waals surface area (Å²) in [5.41, 5.74) is 0. The predicted molar refractivity (Wildman–Crippen MR) is 7.37 cm³/mol. The molecule has 0 N–H and O–H groups in total. The summed E-state index contributed by atoms with van der Waals surface area (Å²) in [5, 5.41) is 0. The molecule has 4 heavy (non-hydrogen) atoms. The summed E-state index contributed by atoms with van der Waals surface area (Å²) in [6, 6.07) is 0. The van der Waals surface area contributed by atoms with Gasteiger partial charge in [0.1, 0.15) is 0 Å². The van der Waals surface area contributed by atoms with E-state index in [2.05, 4.69) is 0 Å². The molecule has 0 saturated carbocycles. The summed E-state index contributed by atoms with van der Waals surface area (Å²) in [7, 11) is 0. The number of rotatable bonds is 0. The molecular weight excluding hydrogens is 122 g/mol. The van der Waals surface area contributed by atoms with Crippen molar-refractivity contribution in [1.82, 2.24) is 0 Å². The third-order valence-electron chi connectivity index (χ3n) is 0. The van der Waals surface area contributed by atoms with E-state index in [1.807, 2.05) is 0 Å². The Hall–Kier alpha value is 1.40. The van der Waals surface area contributed by atoms with Crippen LogP contribution in [0.4, 0.5) is 0 Å². The summed E-state index contributed by atoms with van der Waals surface area (Å²) in [6.45, 7) is 0. The van der Waals surface area contributed by atoms with Crippen LogP contribution in [0, 0.1) is 0 Å². The molecule has 0 amide bonds. The molecule has 4 heteroatoms. The van der Waals surface area contributed by atoms with Gasteiger partial charge in [0.2, 0.25) is 0 Å². The van der Waals surface area contributed by atoms with Crippen molar-refractivity contribution in [2.45, 2.75) is 0 Å². The van der Waals surface area contributed by atoms with Crippen molar-refractivity contribution in [2.24, 2.45) is 0 Å². The predicted octanol–water partition coefficient (Wildman–Crippen LogP) is -6.00. The van der Waals surface area contributed by atoms with Gasteiger partial charge in [-0.15, -0.1) is 0 Å². The third-order valence-corrected chi connectivity index (χ3v) is 0. The topological polar surface area (TPSA) is 0 Å². The van der Waals surface area contributed by atoms with E-state index in [1.54, 1.807) is 0 Å². The molecule has 0 saturated heterocycles. The van der Waals surface area contributed by atoms with Crippen molar-refractivity contribution < 1.29 is 40.6 Å². The summed E-state index contributed by atoms with van der Waals surface area (Å²) in [4.78, 5) is 0. The van der Waals surface area contributed by atoms with Gasteiger partial charge >= 0.3 is 35.9 Å². The Morgan fingerprint density at radius 1 is 1.00 bits per heavy atom. The second-order valence-corrected chi connectivity index (χ2v) is 0. The molecule has 0 rings (SSSR count). The van der Waals surface area contributed by atoms with Crippen LogP contribution in [0.25, 0.3) is 0 Å². The molecule has 0 spiro atoms. The Kier molecular flexibility index (Phi) is 348. The van der Waals surface area contributed by atoms with E-state index in [9.17, 15) is 0 Å². The molecule has 1 radical (unpaired) electrons. The van der Waals surface area contributed by atoms with Crippen LogP contribution in [0.15, 0.2) is 0 Å². The van der Waals surface area contributed by atoms with Crippen molar-refractivity contribution in [1.29, 1.82) is 0 Å². The maximum Gasteiger partial charge on any atom is 2.00 e. The van der Waals surface area contributed by atoms with Gasteiger partial charge in [0, 0.05) is 0 Å². The van der Waals surface area contributed by atoms with Crippen LogP contribution in [-0.4, -0.2) is 0 Å². The molecule has 0 aliphatic carbocycles. The number of halogens is 1. The first-order chi connectivity index (χ1) is 0. The van der Waals surface area contributed by atoms with Gasteiger partial charge < -0.3 is 18.2 Å². The van der Waals surface area contributed by atoms with E-state index in [-0.39, 0.29) is 54.1 Å². The molecule has 25 valence electrons. The molecule has 0 heterocycles. The maximum atomic E-state index is 0. The van der Waals surface area contributed by atoms with Gasteiger partial charge in [-0.1, -0.05) is 0 Å². The fourth-order valence-corrected chi connectivity index (χ4v) is 0. The van der Waals surface area contributed by atoms with Crippen LogP contribution in [0.5, 0.6) is 0 Å². The van der Waals surface area contributed by atoms with Crippen LogP contribution in [-0.2, 0) is 30.6 Å². The quantitative estimate of drug-likeness (QED) is 0.280. The van der Waals surface area contributed by atoms with Crippen molar-refractivity contribution in [2.75, 3.05) is 0 Å². The molecular formula is CuFLiS. The molecule has 0 bridgehead atoms. The van der Waals surface area contributed by atoms with E-state index in [0.717, 1.165) is 0 Å². The Bertz CT molecular complexity index is 8.00. The minimum atomic E-state index is 0. The fourth-order valence-electron chi connectivity index (χ4n) is 0. The van der Waals surface area contributed by atoms with Gasteiger partial charge in [0.05, 0.1) is 0 Å². The molecule has 0 aromatic carbocycles. The molecule has 0 aliphatic rings. The monoisotopic (exact) mass is 121 g/mol. The zero-order chi connectivity index (χ0) is 0. The maximum absolute atomic E-state index is 0. The summed E-state index contributed by atoms with van der Waals surface area (Å²) >= 11 is 0. The van der Waals surface area contributed by atoms with E-state index >= 15 is 0 Å². The molecule has 0 aliphatic heterocycles. The largest absolute Gasteiger partial charge is 2.00 e. The first-order valence-electron chi connectivity index (χ1n) is 0. The Balaban J connectivity index is 0. The molecule has 0 unspecified atom stereocenters. The smallest absolute Gasteiger partial charge is 2.00 e. The molecule has 0 fully saturated rings. The van der Waals surface area contributed by atoms with Crippen LogP contribution < -0.4 is 23.6 Å². The van der Waals surface area contributed by atoms with E-state index < -0.39 is 0 Å².